The van der Waals surface area contributed by atoms with Gasteiger partial charge in [-0.3, -0.25) is 4.99 Å². The third kappa shape index (κ3) is 2.98. The molecule has 0 saturated carbocycles. The summed E-state index contributed by atoms with van der Waals surface area (Å²) in [5.41, 5.74) is -1.01. The minimum absolute atomic E-state index is 0.0356. The van der Waals surface area contributed by atoms with Crippen molar-refractivity contribution in [2.24, 2.45) is 4.99 Å². The molecular weight excluding hydrogens is 370 g/mol. The Balaban J connectivity index is 1.93. The lowest BCUT2D eigenvalue weighted by atomic mass is 9.93. The van der Waals surface area contributed by atoms with Crippen LogP contribution in [0.5, 0.6) is 0 Å². The van der Waals surface area contributed by atoms with E-state index in [0.29, 0.717) is 18.2 Å². The van der Waals surface area contributed by atoms with E-state index in [9.17, 15) is 26.3 Å². The number of aromatic amines is 1. The molecule has 0 fully saturated rings. The highest BCUT2D eigenvalue weighted by Crippen LogP contribution is 2.39. The van der Waals surface area contributed by atoms with Gasteiger partial charge >= 0.3 is 12.4 Å². The Bertz CT molecular complexity index is 1060. The number of fused-ring (bicyclic) bond motifs is 3. The first kappa shape index (κ1) is 17.6. The molecule has 27 heavy (non-hydrogen) atoms. The molecular formula is C19H12F6N2. The number of halogens is 6. The quantitative estimate of drug-likeness (QED) is 0.531. The third-order valence-electron chi connectivity index (χ3n) is 4.59. The zero-order valence-electron chi connectivity index (χ0n) is 13.7. The second-order valence-electron chi connectivity index (χ2n) is 6.26. The maximum atomic E-state index is 13.5. The number of alkyl halides is 6. The van der Waals surface area contributed by atoms with Crippen LogP contribution in [0, 0.1) is 0 Å². The van der Waals surface area contributed by atoms with Crippen LogP contribution in [-0.4, -0.2) is 17.2 Å². The molecule has 2 aromatic carbocycles. The normalized spacial score (nSPS) is 15.0. The fraction of sp³-hybridized carbons (Fsp3) is 0.211. The lowest BCUT2D eigenvalue weighted by molar-refractivity contribution is -0.143. The Labute approximate surface area is 149 Å². The van der Waals surface area contributed by atoms with E-state index < -0.39 is 23.5 Å². The van der Waals surface area contributed by atoms with Crippen molar-refractivity contribution in [2.75, 3.05) is 6.54 Å². The fourth-order valence-electron chi connectivity index (χ4n) is 3.40. The molecule has 1 aliphatic heterocycles. The number of nitrogens with one attached hydrogen (secondary N) is 1. The molecule has 0 aliphatic carbocycles. The van der Waals surface area contributed by atoms with Gasteiger partial charge in [-0.15, -0.1) is 0 Å². The van der Waals surface area contributed by atoms with Gasteiger partial charge in [0.15, 0.2) is 0 Å². The number of nitrogens with zero attached hydrogens (tertiary/aromatic N) is 1. The second kappa shape index (κ2) is 5.87. The number of hydrogen-bond donors (Lipinski definition) is 1. The molecule has 0 spiro atoms. The van der Waals surface area contributed by atoms with Crippen molar-refractivity contribution < 1.29 is 26.3 Å². The second-order valence-corrected chi connectivity index (χ2v) is 6.26. The first-order chi connectivity index (χ1) is 12.7. The monoisotopic (exact) mass is 382 g/mol. The van der Waals surface area contributed by atoms with Gasteiger partial charge in [0.25, 0.3) is 0 Å². The molecule has 3 aromatic rings. The van der Waals surface area contributed by atoms with Crippen LogP contribution in [0.1, 0.15) is 27.9 Å². The van der Waals surface area contributed by atoms with Crippen molar-refractivity contribution in [3.05, 3.63) is 70.4 Å². The number of aromatic nitrogens is 1. The van der Waals surface area contributed by atoms with Crippen LogP contribution >= 0.6 is 0 Å². The van der Waals surface area contributed by atoms with Crippen molar-refractivity contribution in [3.8, 4) is 0 Å². The van der Waals surface area contributed by atoms with E-state index in [1.54, 1.807) is 12.1 Å². The first-order valence-corrected chi connectivity index (χ1v) is 8.09. The highest BCUT2D eigenvalue weighted by atomic mass is 19.4. The van der Waals surface area contributed by atoms with Crippen LogP contribution in [0.2, 0.25) is 0 Å². The Hall–Kier alpha value is -2.77. The van der Waals surface area contributed by atoms with Crippen LogP contribution in [0.15, 0.2) is 47.5 Å². The molecule has 0 radical (unpaired) electrons. The van der Waals surface area contributed by atoms with Gasteiger partial charge in [-0.2, -0.15) is 26.3 Å². The standard InChI is InChI=1S/C19H12F6N2/c20-18(21,22)10-5-6-13(14(9-10)19(23,24)25)16-17-12(7-8-26-16)11-3-1-2-4-15(11)27-17/h1-6,9,27H,7-8H2. The number of benzene rings is 2. The van der Waals surface area contributed by atoms with E-state index in [4.69, 9.17) is 0 Å². The Morgan fingerprint density at radius 2 is 1.63 bits per heavy atom. The van der Waals surface area contributed by atoms with Crippen molar-refractivity contribution >= 4 is 16.6 Å². The van der Waals surface area contributed by atoms with Crippen LogP contribution in [0.3, 0.4) is 0 Å². The molecule has 1 aromatic heterocycles. The lowest BCUT2D eigenvalue weighted by Crippen LogP contribution is -2.20. The number of para-hydroxylation sites is 1. The number of hydrogen-bond acceptors (Lipinski definition) is 1. The molecule has 1 N–H and O–H groups in total. The first-order valence-electron chi connectivity index (χ1n) is 8.09. The summed E-state index contributed by atoms with van der Waals surface area (Å²) in [4.78, 5) is 7.27. The minimum atomic E-state index is -4.94. The average Bonchev–Trinajstić information content (AvgIpc) is 2.98. The van der Waals surface area contributed by atoms with Gasteiger partial charge in [0.05, 0.1) is 22.5 Å². The summed E-state index contributed by atoms with van der Waals surface area (Å²) in [6, 6.07) is 8.92. The SMILES string of the molecule is FC(F)(F)c1ccc(C2=NCCc3c2[nH]c2ccccc32)c(C(F)(F)F)c1. The zero-order chi connectivity index (χ0) is 19.4. The summed E-state index contributed by atoms with van der Waals surface area (Å²) < 4.78 is 79.3. The molecule has 8 heteroatoms. The summed E-state index contributed by atoms with van der Waals surface area (Å²) in [5, 5.41) is 0.875. The zero-order valence-corrected chi connectivity index (χ0v) is 13.7. The molecule has 0 amide bonds. The highest BCUT2D eigenvalue weighted by molar-refractivity contribution is 6.16. The number of H-pyrrole nitrogens is 1. The number of aliphatic imine (C=N–C) groups is 1. The van der Waals surface area contributed by atoms with Gasteiger partial charge in [0.2, 0.25) is 0 Å². The molecule has 2 nitrogen and oxygen atoms in total. The van der Waals surface area contributed by atoms with Crippen LogP contribution in [0.25, 0.3) is 10.9 Å². The predicted molar refractivity (Wildman–Crippen MR) is 89.0 cm³/mol. The van der Waals surface area contributed by atoms with Gasteiger partial charge < -0.3 is 4.98 Å². The smallest absolute Gasteiger partial charge is 0.353 e. The Kier molecular flexibility index (Phi) is 3.83. The Morgan fingerprint density at radius 1 is 0.889 bits per heavy atom. The molecule has 0 unspecified atom stereocenters. The van der Waals surface area contributed by atoms with E-state index >= 15 is 0 Å². The minimum Gasteiger partial charge on any atom is -0.353 e. The van der Waals surface area contributed by atoms with Crippen LogP contribution in [-0.2, 0) is 18.8 Å². The summed E-state index contributed by atoms with van der Waals surface area (Å²) in [5.74, 6) is 0. The largest absolute Gasteiger partial charge is 0.417 e. The van der Waals surface area contributed by atoms with Crippen LogP contribution in [0.4, 0.5) is 26.3 Å². The van der Waals surface area contributed by atoms with Gasteiger partial charge in [0, 0.05) is 23.0 Å². The topological polar surface area (TPSA) is 28.1 Å². The molecule has 140 valence electrons. The Morgan fingerprint density at radius 3 is 2.33 bits per heavy atom. The average molecular weight is 382 g/mol. The maximum absolute atomic E-state index is 13.5. The van der Waals surface area contributed by atoms with Crippen LogP contribution < -0.4 is 0 Å². The molecule has 1 aliphatic rings. The van der Waals surface area contributed by atoms with E-state index in [1.807, 2.05) is 12.1 Å². The third-order valence-corrected chi connectivity index (χ3v) is 4.59. The number of rotatable bonds is 1. The van der Waals surface area contributed by atoms with E-state index in [0.717, 1.165) is 22.5 Å². The van der Waals surface area contributed by atoms with Gasteiger partial charge in [-0.25, -0.2) is 0 Å². The lowest BCUT2D eigenvalue weighted by Gasteiger charge is -2.19. The van der Waals surface area contributed by atoms with Crippen molar-refractivity contribution in [3.63, 3.8) is 0 Å². The fourth-order valence-corrected chi connectivity index (χ4v) is 3.40. The van der Waals surface area contributed by atoms with Gasteiger partial charge in [0.1, 0.15) is 0 Å². The predicted octanol–water partition coefficient (Wildman–Crippen LogP) is 5.60. The molecule has 2 heterocycles. The van der Waals surface area contributed by atoms with Crippen molar-refractivity contribution in [1.82, 2.24) is 4.98 Å². The maximum Gasteiger partial charge on any atom is 0.417 e. The van der Waals surface area contributed by atoms with Crippen molar-refractivity contribution in [2.45, 2.75) is 18.8 Å². The van der Waals surface area contributed by atoms with Crippen molar-refractivity contribution in [1.29, 1.82) is 0 Å². The molecule has 4 rings (SSSR count). The molecule has 0 saturated heterocycles. The van der Waals surface area contributed by atoms with E-state index in [2.05, 4.69) is 9.98 Å². The van der Waals surface area contributed by atoms with Gasteiger partial charge in [-0.05, 0) is 30.2 Å². The van der Waals surface area contributed by atoms with Gasteiger partial charge in [-0.1, -0.05) is 24.3 Å². The highest BCUT2D eigenvalue weighted by Gasteiger charge is 2.39. The molecule has 0 bridgehead atoms. The summed E-state index contributed by atoms with van der Waals surface area (Å²) in [6.45, 7) is 0.266. The van der Waals surface area contributed by atoms with E-state index in [-0.39, 0.29) is 23.9 Å². The summed E-state index contributed by atoms with van der Waals surface area (Å²) in [7, 11) is 0. The van der Waals surface area contributed by atoms with E-state index in [1.165, 1.54) is 0 Å². The summed E-state index contributed by atoms with van der Waals surface area (Å²) >= 11 is 0. The summed E-state index contributed by atoms with van der Waals surface area (Å²) in [6.07, 6.45) is -9.26. The molecule has 0 atom stereocenters.